The molecule has 1 heterocycles. The fourth-order valence-electron chi connectivity index (χ4n) is 2.74. The molecule has 0 fully saturated rings. The van der Waals surface area contributed by atoms with Crippen LogP contribution in [0.2, 0.25) is 0 Å². The van der Waals surface area contributed by atoms with Gasteiger partial charge in [-0.1, -0.05) is 43.3 Å². The Morgan fingerprint density at radius 3 is 2.57 bits per heavy atom. The van der Waals surface area contributed by atoms with Crippen LogP contribution < -0.4 is 5.73 Å². The average molecular weight is 279 g/mol. The molecule has 0 amide bonds. The largest absolute Gasteiger partial charge is 0.328 e. The smallest absolute Gasteiger partial charge is 0.114 e. The van der Waals surface area contributed by atoms with Crippen molar-refractivity contribution in [3.63, 3.8) is 0 Å². The van der Waals surface area contributed by atoms with E-state index in [1.54, 1.807) is 0 Å². The molecule has 0 radical (unpaired) electrons. The number of imidazole rings is 1. The predicted octanol–water partition coefficient (Wildman–Crippen LogP) is 3.50. The minimum Gasteiger partial charge on any atom is -0.328 e. The number of fused-ring (bicyclic) bond motifs is 1. The van der Waals surface area contributed by atoms with Crippen molar-refractivity contribution in [2.45, 2.75) is 32.9 Å². The Kier molecular flexibility index (Phi) is 4.02. The molecule has 1 aromatic heterocycles. The molecule has 0 spiro atoms. The number of hydrogen-bond donors (Lipinski definition) is 1. The fraction of sp³-hybridized carbons (Fsp3) is 0.278. The summed E-state index contributed by atoms with van der Waals surface area (Å²) in [7, 11) is 0. The zero-order valence-electron chi connectivity index (χ0n) is 12.4. The summed E-state index contributed by atoms with van der Waals surface area (Å²) in [5.74, 6) is 1.13. The Balaban J connectivity index is 2.05. The predicted molar refractivity (Wildman–Crippen MR) is 87.2 cm³/mol. The van der Waals surface area contributed by atoms with Gasteiger partial charge in [0.05, 0.1) is 11.0 Å². The molecule has 2 N–H and O–H groups in total. The van der Waals surface area contributed by atoms with Gasteiger partial charge in [-0.15, -0.1) is 0 Å². The van der Waals surface area contributed by atoms with E-state index in [1.807, 2.05) is 6.07 Å². The zero-order chi connectivity index (χ0) is 14.7. The van der Waals surface area contributed by atoms with Crippen LogP contribution in [0.25, 0.3) is 11.0 Å². The van der Waals surface area contributed by atoms with Gasteiger partial charge in [0.25, 0.3) is 0 Å². The van der Waals surface area contributed by atoms with Crippen molar-refractivity contribution in [1.82, 2.24) is 9.55 Å². The normalized spacial score (nSPS) is 11.1. The third-order valence-electron chi connectivity index (χ3n) is 3.78. The summed E-state index contributed by atoms with van der Waals surface area (Å²) < 4.78 is 2.34. The SMILES string of the molecule is CCCn1c(Cc2ccccc2)nc2cc(CN)ccc21. The van der Waals surface area contributed by atoms with Crippen LogP contribution >= 0.6 is 0 Å². The molecule has 108 valence electrons. The molecule has 0 saturated heterocycles. The lowest BCUT2D eigenvalue weighted by atomic mass is 10.1. The Hall–Kier alpha value is -2.13. The maximum atomic E-state index is 5.73. The fourth-order valence-corrected chi connectivity index (χ4v) is 2.74. The van der Waals surface area contributed by atoms with E-state index in [4.69, 9.17) is 10.7 Å². The maximum absolute atomic E-state index is 5.73. The van der Waals surface area contributed by atoms with Crippen LogP contribution in [0.5, 0.6) is 0 Å². The van der Waals surface area contributed by atoms with E-state index in [-0.39, 0.29) is 0 Å². The second kappa shape index (κ2) is 6.10. The molecule has 3 heteroatoms. The number of aromatic nitrogens is 2. The quantitative estimate of drug-likeness (QED) is 0.777. The van der Waals surface area contributed by atoms with Gasteiger partial charge in [0, 0.05) is 19.5 Å². The van der Waals surface area contributed by atoms with E-state index >= 15 is 0 Å². The van der Waals surface area contributed by atoms with E-state index in [0.29, 0.717) is 6.54 Å². The number of hydrogen-bond acceptors (Lipinski definition) is 2. The molecule has 3 rings (SSSR count). The Bertz CT molecular complexity index is 729. The van der Waals surface area contributed by atoms with Gasteiger partial charge in [0.15, 0.2) is 0 Å². The van der Waals surface area contributed by atoms with Crippen LogP contribution in [-0.2, 0) is 19.5 Å². The van der Waals surface area contributed by atoms with E-state index < -0.39 is 0 Å². The summed E-state index contributed by atoms with van der Waals surface area (Å²) in [5, 5.41) is 0. The van der Waals surface area contributed by atoms with Gasteiger partial charge in [0.2, 0.25) is 0 Å². The second-order valence-electron chi connectivity index (χ2n) is 5.37. The molecule has 0 atom stereocenters. The van der Waals surface area contributed by atoms with Gasteiger partial charge < -0.3 is 10.3 Å². The monoisotopic (exact) mass is 279 g/mol. The first-order valence-corrected chi connectivity index (χ1v) is 7.54. The third kappa shape index (κ3) is 2.83. The van der Waals surface area contributed by atoms with Crippen LogP contribution in [0.1, 0.15) is 30.3 Å². The molecule has 0 bridgehead atoms. The van der Waals surface area contributed by atoms with Crippen molar-refractivity contribution >= 4 is 11.0 Å². The van der Waals surface area contributed by atoms with Crippen LogP contribution in [0, 0.1) is 0 Å². The molecule has 3 nitrogen and oxygen atoms in total. The summed E-state index contributed by atoms with van der Waals surface area (Å²) in [5.41, 5.74) is 10.4. The minimum absolute atomic E-state index is 0.560. The molecular formula is C18H21N3. The zero-order valence-corrected chi connectivity index (χ0v) is 12.4. The summed E-state index contributed by atoms with van der Waals surface area (Å²) in [4.78, 5) is 4.84. The molecule has 2 aromatic carbocycles. The van der Waals surface area contributed by atoms with E-state index in [2.05, 4.69) is 54.0 Å². The average Bonchev–Trinajstić information content (AvgIpc) is 2.85. The topological polar surface area (TPSA) is 43.8 Å². The second-order valence-corrected chi connectivity index (χ2v) is 5.37. The van der Waals surface area contributed by atoms with Crippen LogP contribution in [0.4, 0.5) is 0 Å². The third-order valence-corrected chi connectivity index (χ3v) is 3.78. The highest BCUT2D eigenvalue weighted by molar-refractivity contribution is 5.77. The van der Waals surface area contributed by atoms with Gasteiger partial charge in [0.1, 0.15) is 5.82 Å². The number of rotatable bonds is 5. The molecule has 21 heavy (non-hydrogen) atoms. The molecule has 0 aliphatic carbocycles. The summed E-state index contributed by atoms with van der Waals surface area (Å²) in [6.45, 7) is 3.76. The maximum Gasteiger partial charge on any atom is 0.114 e. The first-order valence-electron chi connectivity index (χ1n) is 7.54. The van der Waals surface area contributed by atoms with Gasteiger partial charge >= 0.3 is 0 Å². The van der Waals surface area contributed by atoms with E-state index in [0.717, 1.165) is 36.3 Å². The van der Waals surface area contributed by atoms with Crippen molar-refractivity contribution in [2.24, 2.45) is 5.73 Å². The van der Waals surface area contributed by atoms with E-state index in [1.165, 1.54) is 11.1 Å². The molecular weight excluding hydrogens is 258 g/mol. The lowest BCUT2D eigenvalue weighted by Gasteiger charge is -2.08. The van der Waals surface area contributed by atoms with Crippen molar-refractivity contribution in [1.29, 1.82) is 0 Å². The number of aryl methyl sites for hydroxylation is 1. The molecule has 0 unspecified atom stereocenters. The number of nitrogens with zero attached hydrogens (tertiary/aromatic N) is 2. The molecule has 0 saturated carbocycles. The lowest BCUT2D eigenvalue weighted by molar-refractivity contribution is 0.664. The van der Waals surface area contributed by atoms with Crippen molar-refractivity contribution in [3.8, 4) is 0 Å². The molecule has 0 aliphatic heterocycles. The van der Waals surface area contributed by atoms with E-state index in [9.17, 15) is 0 Å². The Morgan fingerprint density at radius 2 is 1.86 bits per heavy atom. The van der Waals surface area contributed by atoms with Crippen molar-refractivity contribution < 1.29 is 0 Å². The molecule has 0 aliphatic rings. The van der Waals surface area contributed by atoms with Gasteiger partial charge in [-0.25, -0.2) is 4.98 Å². The van der Waals surface area contributed by atoms with Gasteiger partial charge in [-0.05, 0) is 29.7 Å². The summed E-state index contributed by atoms with van der Waals surface area (Å²) in [6, 6.07) is 16.9. The first kappa shape index (κ1) is 13.8. The van der Waals surface area contributed by atoms with Crippen molar-refractivity contribution in [3.05, 3.63) is 65.5 Å². The highest BCUT2D eigenvalue weighted by Crippen LogP contribution is 2.20. The summed E-state index contributed by atoms with van der Waals surface area (Å²) >= 11 is 0. The number of nitrogens with two attached hydrogens (primary N) is 1. The van der Waals surface area contributed by atoms with Crippen LogP contribution in [0.15, 0.2) is 48.5 Å². The van der Waals surface area contributed by atoms with Gasteiger partial charge in [-0.3, -0.25) is 0 Å². The number of benzene rings is 2. The Labute approximate surface area is 125 Å². The minimum atomic E-state index is 0.560. The highest BCUT2D eigenvalue weighted by Gasteiger charge is 2.11. The molecule has 3 aromatic rings. The Morgan fingerprint density at radius 1 is 1.05 bits per heavy atom. The summed E-state index contributed by atoms with van der Waals surface area (Å²) in [6.07, 6.45) is 1.97. The van der Waals surface area contributed by atoms with Crippen molar-refractivity contribution in [2.75, 3.05) is 0 Å². The standard InChI is InChI=1S/C18H21N3/c1-2-10-21-17-9-8-15(13-19)11-16(17)20-18(21)12-14-6-4-3-5-7-14/h3-9,11H,2,10,12-13,19H2,1H3. The van der Waals surface area contributed by atoms with Gasteiger partial charge in [-0.2, -0.15) is 0 Å². The lowest BCUT2D eigenvalue weighted by Crippen LogP contribution is -2.04. The van der Waals surface area contributed by atoms with Crippen LogP contribution in [-0.4, -0.2) is 9.55 Å². The highest BCUT2D eigenvalue weighted by atomic mass is 15.1. The first-order chi connectivity index (χ1) is 10.3. The van der Waals surface area contributed by atoms with Crippen LogP contribution in [0.3, 0.4) is 0 Å².